The third-order valence-electron chi connectivity index (χ3n) is 5.09. The lowest BCUT2D eigenvalue weighted by atomic mass is 10.2. The Morgan fingerprint density at radius 1 is 1.19 bits per heavy atom. The molecule has 0 aliphatic carbocycles. The average Bonchev–Trinajstić information content (AvgIpc) is 3.42. The second kappa shape index (κ2) is 9.26. The van der Waals surface area contributed by atoms with E-state index in [4.69, 9.17) is 9.15 Å². The molecule has 8 heteroatoms. The van der Waals surface area contributed by atoms with Gasteiger partial charge in [-0.05, 0) is 43.3 Å². The van der Waals surface area contributed by atoms with E-state index >= 15 is 0 Å². The lowest BCUT2D eigenvalue weighted by molar-refractivity contribution is -0.135. The number of ether oxygens (including phenoxy) is 1. The molecule has 4 rings (SSSR count). The molecule has 1 saturated heterocycles. The Labute approximate surface area is 184 Å². The maximum absolute atomic E-state index is 13.0. The molecule has 1 unspecified atom stereocenters. The Kier molecular flexibility index (Phi) is 6.27. The summed E-state index contributed by atoms with van der Waals surface area (Å²) in [6, 6.07) is 16.1. The molecular formula is C23H23N3O4S. The number of carbonyl (C=O) groups is 2. The number of oxazole rings is 1. The molecule has 2 aromatic carbocycles. The third kappa shape index (κ3) is 4.74. The van der Waals surface area contributed by atoms with Crippen molar-refractivity contribution in [3.8, 4) is 17.2 Å². The molecule has 0 spiro atoms. The number of methoxy groups -OCH3 is 1. The van der Waals surface area contributed by atoms with E-state index in [1.54, 1.807) is 55.0 Å². The zero-order valence-electron chi connectivity index (χ0n) is 17.3. The van der Waals surface area contributed by atoms with Crippen LogP contribution in [-0.4, -0.2) is 46.5 Å². The molecule has 0 bridgehead atoms. The number of nitrogens with zero attached hydrogens (tertiary/aromatic N) is 2. The number of rotatable bonds is 6. The van der Waals surface area contributed by atoms with Crippen LogP contribution in [0.15, 0.2) is 59.0 Å². The van der Waals surface area contributed by atoms with Crippen molar-refractivity contribution in [2.45, 2.75) is 19.4 Å². The number of aromatic nitrogens is 1. The first-order valence-corrected chi connectivity index (χ1v) is 11.0. The molecule has 160 valence electrons. The van der Waals surface area contributed by atoms with Crippen molar-refractivity contribution in [3.63, 3.8) is 0 Å². The van der Waals surface area contributed by atoms with Gasteiger partial charge in [0.1, 0.15) is 17.6 Å². The van der Waals surface area contributed by atoms with E-state index in [1.807, 2.05) is 30.3 Å². The molecule has 3 aromatic rings. The largest absolute Gasteiger partial charge is 0.497 e. The van der Waals surface area contributed by atoms with Crippen molar-refractivity contribution >= 4 is 29.3 Å². The molecule has 1 aliphatic heterocycles. The van der Waals surface area contributed by atoms with Crippen LogP contribution >= 0.6 is 11.8 Å². The number of benzene rings is 2. The fourth-order valence-electron chi connectivity index (χ4n) is 3.35. The van der Waals surface area contributed by atoms with Crippen LogP contribution in [0.2, 0.25) is 0 Å². The van der Waals surface area contributed by atoms with Gasteiger partial charge in [0.15, 0.2) is 0 Å². The van der Waals surface area contributed by atoms with Crippen molar-refractivity contribution in [1.29, 1.82) is 0 Å². The van der Waals surface area contributed by atoms with E-state index in [0.29, 0.717) is 40.4 Å². The maximum Gasteiger partial charge on any atom is 0.248 e. The van der Waals surface area contributed by atoms with Crippen LogP contribution in [0.25, 0.3) is 11.5 Å². The average molecular weight is 438 g/mol. The van der Waals surface area contributed by atoms with Crippen LogP contribution in [0, 0.1) is 6.92 Å². The summed E-state index contributed by atoms with van der Waals surface area (Å²) in [5, 5.41) is 2.89. The number of anilines is 1. The summed E-state index contributed by atoms with van der Waals surface area (Å²) in [4.78, 5) is 31.9. The number of nitrogens with one attached hydrogen (secondary N) is 1. The van der Waals surface area contributed by atoms with Crippen LogP contribution < -0.4 is 10.1 Å². The van der Waals surface area contributed by atoms with Crippen molar-refractivity contribution in [2.75, 3.05) is 24.1 Å². The highest BCUT2D eigenvalue weighted by Gasteiger charge is 2.35. The summed E-state index contributed by atoms with van der Waals surface area (Å²) in [5.41, 5.74) is 2.11. The van der Waals surface area contributed by atoms with Gasteiger partial charge in [0.05, 0.1) is 25.1 Å². The molecule has 1 atom stereocenters. The third-order valence-corrected chi connectivity index (χ3v) is 6.11. The van der Waals surface area contributed by atoms with E-state index in [9.17, 15) is 9.59 Å². The predicted octanol–water partition coefficient (Wildman–Crippen LogP) is 3.74. The fourth-order valence-corrected chi connectivity index (χ4v) is 4.53. The van der Waals surface area contributed by atoms with Gasteiger partial charge in [0, 0.05) is 17.0 Å². The highest BCUT2D eigenvalue weighted by molar-refractivity contribution is 7.99. The van der Waals surface area contributed by atoms with Crippen LogP contribution in [0.5, 0.6) is 5.75 Å². The Balaban J connectivity index is 1.43. The van der Waals surface area contributed by atoms with Crippen molar-refractivity contribution < 1.29 is 18.7 Å². The normalized spacial score (nSPS) is 15.7. The molecule has 31 heavy (non-hydrogen) atoms. The van der Waals surface area contributed by atoms with Gasteiger partial charge in [0.25, 0.3) is 0 Å². The number of hydrogen-bond donors (Lipinski definition) is 1. The summed E-state index contributed by atoms with van der Waals surface area (Å²) in [5.74, 6) is 2.50. The lowest BCUT2D eigenvalue weighted by Crippen LogP contribution is -2.45. The van der Waals surface area contributed by atoms with E-state index in [2.05, 4.69) is 10.3 Å². The Morgan fingerprint density at radius 3 is 2.65 bits per heavy atom. The smallest absolute Gasteiger partial charge is 0.248 e. The van der Waals surface area contributed by atoms with Gasteiger partial charge in [-0.1, -0.05) is 18.2 Å². The Morgan fingerprint density at radius 2 is 1.94 bits per heavy atom. The monoisotopic (exact) mass is 437 g/mol. The summed E-state index contributed by atoms with van der Waals surface area (Å²) in [7, 11) is 1.59. The molecule has 2 heterocycles. The highest BCUT2D eigenvalue weighted by atomic mass is 32.2. The first kappa shape index (κ1) is 21.0. The van der Waals surface area contributed by atoms with Gasteiger partial charge < -0.3 is 19.4 Å². The van der Waals surface area contributed by atoms with Crippen LogP contribution in [0.1, 0.15) is 11.5 Å². The molecule has 1 aliphatic rings. The Hall–Kier alpha value is -3.26. The zero-order chi connectivity index (χ0) is 21.8. The number of aryl methyl sites for hydroxylation is 1. The molecular weight excluding hydrogens is 414 g/mol. The predicted molar refractivity (Wildman–Crippen MR) is 120 cm³/mol. The minimum Gasteiger partial charge on any atom is -0.497 e. The fraction of sp³-hybridized carbons (Fsp3) is 0.261. The van der Waals surface area contributed by atoms with Crippen LogP contribution in [-0.2, 0) is 16.0 Å². The quantitative estimate of drug-likeness (QED) is 0.632. The molecule has 7 nitrogen and oxygen atoms in total. The van der Waals surface area contributed by atoms with E-state index in [1.165, 1.54) is 0 Å². The van der Waals surface area contributed by atoms with Crippen LogP contribution in [0.4, 0.5) is 5.69 Å². The van der Waals surface area contributed by atoms with Gasteiger partial charge >= 0.3 is 0 Å². The lowest BCUT2D eigenvalue weighted by Gasteiger charge is -2.23. The maximum atomic E-state index is 13.0. The zero-order valence-corrected chi connectivity index (χ0v) is 18.1. The summed E-state index contributed by atoms with van der Waals surface area (Å²) in [6.45, 7) is 1.80. The van der Waals surface area contributed by atoms with Gasteiger partial charge in [-0.2, -0.15) is 0 Å². The molecule has 0 saturated carbocycles. The number of hydrogen-bond acceptors (Lipinski definition) is 6. The highest BCUT2D eigenvalue weighted by Crippen LogP contribution is 2.26. The van der Waals surface area contributed by atoms with Gasteiger partial charge in [-0.15, -0.1) is 11.8 Å². The molecule has 1 fully saturated rings. The second-order valence-electron chi connectivity index (χ2n) is 7.16. The molecule has 2 amide bonds. The molecule has 1 aromatic heterocycles. The molecule has 0 radical (unpaired) electrons. The van der Waals surface area contributed by atoms with E-state index < -0.39 is 6.04 Å². The van der Waals surface area contributed by atoms with E-state index in [-0.39, 0.29) is 18.2 Å². The minimum atomic E-state index is -0.527. The Bertz CT molecular complexity index is 1070. The van der Waals surface area contributed by atoms with Gasteiger partial charge in [-0.25, -0.2) is 4.98 Å². The molecule has 1 N–H and O–H groups in total. The van der Waals surface area contributed by atoms with Crippen LogP contribution in [0.3, 0.4) is 0 Å². The minimum absolute atomic E-state index is 0.0923. The summed E-state index contributed by atoms with van der Waals surface area (Å²) < 4.78 is 10.9. The topological polar surface area (TPSA) is 84.7 Å². The first-order chi connectivity index (χ1) is 15.0. The second-order valence-corrected chi connectivity index (χ2v) is 8.16. The van der Waals surface area contributed by atoms with Gasteiger partial charge in [0.2, 0.25) is 17.7 Å². The van der Waals surface area contributed by atoms with Crippen molar-refractivity contribution in [2.24, 2.45) is 0 Å². The number of amides is 2. The van der Waals surface area contributed by atoms with Crippen molar-refractivity contribution in [1.82, 2.24) is 9.88 Å². The number of carbonyl (C=O) groups excluding carboxylic acids is 2. The van der Waals surface area contributed by atoms with Crippen molar-refractivity contribution in [3.05, 3.63) is 66.1 Å². The number of thioether (sulfide) groups is 1. The SMILES string of the molecule is COc1ccc(NC(=O)C2CSCN2C(=O)Cc2nc(-c3ccccc3)oc2C)cc1. The summed E-state index contributed by atoms with van der Waals surface area (Å²) in [6.07, 6.45) is 0.0923. The standard InChI is InChI=1S/C23H23N3O4S/c1-15-19(25-23(30-15)16-6-4-3-5-7-16)12-21(27)26-14-31-13-20(26)22(28)24-17-8-10-18(29-2)11-9-17/h3-11,20H,12-14H2,1-2H3,(H,24,28). The summed E-state index contributed by atoms with van der Waals surface area (Å²) >= 11 is 1.56. The van der Waals surface area contributed by atoms with E-state index in [0.717, 1.165) is 5.56 Å². The van der Waals surface area contributed by atoms with Gasteiger partial charge in [-0.3, -0.25) is 9.59 Å². The first-order valence-electron chi connectivity index (χ1n) is 9.89.